The first-order valence-corrected chi connectivity index (χ1v) is 9.08. The highest BCUT2D eigenvalue weighted by Gasteiger charge is 2.12. The van der Waals surface area contributed by atoms with E-state index in [1.54, 1.807) is 37.3 Å². The van der Waals surface area contributed by atoms with Crippen LogP contribution in [0.25, 0.3) is 0 Å². The highest BCUT2D eigenvalue weighted by molar-refractivity contribution is 6.04. The van der Waals surface area contributed by atoms with Crippen LogP contribution in [0.2, 0.25) is 0 Å². The average molecular weight is 374 g/mol. The molecule has 1 amide bonds. The number of benzene rings is 2. The number of anilines is 3. The van der Waals surface area contributed by atoms with E-state index in [9.17, 15) is 9.59 Å². The Morgan fingerprint density at radius 1 is 0.964 bits per heavy atom. The van der Waals surface area contributed by atoms with E-state index in [0.29, 0.717) is 22.9 Å². The Balaban J connectivity index is 1.79. The fourth-order valence-corrected chi connectivity index (χ4v) is 2.73. The number of aromatic nitrogens is 2. The van der Waals surface area contributed by atoms with E-state index < -0.39 is 0 Å². The molecule has 2 N–H and O–H groups in total. The van der Waals surface area contributed by atoms with Gasteiger partial charge in [0.2, 0.25) is 0 Å². The lowest BCUT2D eigenvalue weighted by Gasteiger charge is -2.10. The van der Waals surface area contributed by atoms with Gasteiger partial charge in [-0.15, -0.1) is 0 Å². The second-order valence-corrected chi connectivity index (χ2v) is 6.45. The van der Waals surface area contributed by atoms with Crippen molar-refractivity contribution >= 4 is 28.9 Å². The number of hydrogen-bond donors (Lipinski definition) is 2. The number of rotatable bonds is 6. The topological polar surface area (TPSA) is 84.0 Å². The van der Waals surface area contributed by atoms with Crippen LogP contribution in [-0.2, 0) is 6.42 Å². The monoisotopic (exact) mass is 374 g/mol. The zero-order valence-corrected chi connectivity index (χ0v) is 16.1. The third kappa shape index (κ3) is 4.79. The summed E-state index contributed by atoms with van der Waals surface area (Å²) >= 11 is 0. The minimum Gasteiger partial charge on any atom is -0.340 e. The molecule has 3 rings (SSSR count). The molecule has 0 unspecified atom stereocenters. The van der Waals surface area contributed by atoms with Gasteiger partial charge in [-0.1, -0.05) is 31.2 Å². The molecule has 6 heteroatoms. The third-order valence-corrected chi connectivity index (χ3v) is 4.23. The minimum absolute atomic E-state index is 0.0606. The molecule has 142 valence electrons. The third-order valence-electron chi connectivity index (χ3n) is 4.23. The first-order chi connectivity index (χ1) is 13.4. The lowest BCUT2D eigenvalue weighted by atomic mass is 10.1. The van der Waals surface area contributed by atoms with Crippen LogP contribution in [0.1, 0.15) is 46.1 Å². The second kappa shape index (κ2) is 8.43. The number of amides is 1. The van der Waals surface area contributed by atoms with Gasteiger partial charge in [0.25, 0.3) is 5.91 Å². The zero-order chi connectivity index (χ0) is 20.1. The molecule has 0 aliphatic rings. The van der Waals surface area contributed by atoms with Crippen molar-refractivity contribution in [2.24, 2.45) is 0 Å². The van der Waals surface area contributed by atoms with Crippen molar-refractivity contribution < 1.29 is 9.59 Å². The maximum absolute atomic E-state index is 12.6. The molecule has 0 spiro atoms. The smallest absolute Gasteiger partial charge is 0.274 e. The standard InChI is InChI=1S/C22H22N4O2/c1-4-16-8-10-18(11-9-16)25-21-13-20(23-15(3)24-21)22(28)26-19-7-5-6-17(12-19)14(2)27/h5-13H,4H2,1-3H3,(H,26,28)(H,23,24,25). The number of carbonyl (C=O) groups is 2. The minimum atomic E-state index is -0.365. The molecule has 0 atom stereocenters. The van der Waals surface area contributed by atoms with Crippen LogP contribution in [0, 0.1) is 6.92 Å². The largest absolute Gasteiger partial charge is 0.340 e. The normalized spacial score (nSPS) is 10.4. The average Bonchev–Trinajstić information content (AvgIpc) is 2.68. The summed E-state index contributed by atoms with van der Waals surface area (Å²) in [5.74, 6) is 0.599. The van der Waals surface area contributed by atoms with Gasteiger partial charge in [0, 0.05) is 23.0 Å². The molecule has 0 aliphatic heterocycles. The summed E-state index contributed by atoms with van der Waals surface area (Å²) in [6.07, 6.45) is 0.974. The Hall–Kier alpha value is -3.54. The number of hydrogen-bond acceptors (Lipinski definition) is 5. The Morgan fingerprint density at radius 2 is 1.71 bits per heavy atom. The van der Waals surface area contributed by atoms with Crippen LogP contribution in [0.3, 0.4) is 0 Å². The molecule has 3 aromatic rings. The van der Waals surface area contributed by atoms with Crippen LogP contribution >= 0.6 is 0 Å². The fourth-order valence-electron chi connectivity index (χ4n) is 2.73. The molecule has 0 bridgehead atoms. The quantitative estimate of drug-likeness (QED) is 0.619. The lowest BCUT2D eigenvalue weighted by molar-refractivity contribution is 0.100. The molecule has 0 saturated carbocycles. The Bertz CT molecular complexity index is 1010. The molecule has 0 aliphatic carbocycles. The second-order valence-electron chi connectivity index (χ2n) is 6.45. The van der Waals surface area contributed by atoms with Crippen LogP contribution < -0.4 is 10.6 Å². The van der Waals surface area contributed by atoms with Crippen molar-refractivity contribution in [1.82, 2.24) is 9.97 Å². The van der Waals surface area contributed by atoms with Gasteiger partial charge in [0.15, 0.2) is 5.78 Å². The van der Waals surface area contributed by atoms with Crippen molar-refractivity contribution in [3.05, 3.63) is 77.2 Å². The van der Waals surface area contributed by atoms with E-state index in [-0.39, 0.29) is 17.4 Å². The van der Waals surface area contributed by atoms with Crippen molar-refractivity contribution in [2.75, 3.05) is 10.6 Å². The molecule has 0 radical (unpaired) electrons. The molecule has 0 saturated heterocycles. The number of carbonyl (C=O) groups excluding carboxylic acids is 2. The van der Waals surface area contributed by atoms with E-state index in [0.717, 1.165) is 12.1 Å². The number of nitrogens with one attached hydrogen (secondary N) is 2. The van der Waals surface area contributed by atoms with Gasteiger partial charge < -0.3 is 10.6 Å². The maximum atomic E-state index is 12.6. The van der Waals surface area contributed by atoms with Crippen molar-refractivity contribution in [3.63, 3.8) is 0 Å². The molecule has 1 heterocycles. The van der Waals surface area contributed by atoms with Crippen molar-refractivity contribution in [2.45, 2.75) is 27.2 Å². The summed E-state index contributed by atoms with van der Waals surface area (Å²) < 4.78 is 0. The Labute approximate surface area is 164 Å². The van der Waals surface area contributed by atoms with E-state index in [4.69, 9.17) is 0 Å². The predicted molar refractivity (Wildman–Crippen MR) is 110 cm³/mol. The Morgan fingerprint density at radius 3 is 2.39 bits per heavy atom. The van der Waals surface area contributed by atoms with Gasteiger partial charge in [-0.25, -0.2) is 9.97 Å². The van der Waals surface area contributed by atoms with Gasteiger partial charge in [-0.2, -0.15) is 0 Å². The molecule has 6 nitrogen and oxygen atoms in total. The number of ketones is 1. The van der Waals surface area contributed by atoms with E-state index in [1.807, 2.05) is 24.3 Å². The summed E-state index contributed by atoms with van der Waals surface area (Å²) in [6, 6.07) is 16.5. The highest BCUT2D eigenvalue weighted by atomic mass is 16.2. The van der Waals surface area contributed by atoms with E-state index in [2.05, 4.69) is 27.5 Å². The molecule has 1 aromatic heterocycles. The van der Waals surface area contributed by atoms with Crippen LogP contribution in [-0.4, -0.2) is 21.7 Å². The van der Waals surface area contributed by atoms with Crippen molar-refractivity contribution in [3.8, 4) is 0 Å². The van der Waals surface area contributed by atoms with E-state index >= 15 is 0 Å². The summed E-state index contributed by atoms with van der Waals surface area (Å²) in [7, 11) is 0. The predicted octanol–water partition coefficient (Wildman–Crippen LogP) is 4.55. The fraction of sp³-hybridized carbons (Fsp3) is 0.182. The summed E-state index contributed by atoms with van der Waals surface area (Å²) in [6.45, 7) is 5.32. The molecular weight excluding hydrogens is 352 g/mol. The molecular formula is C22H22N4O2. The first kappa shape index (κ1) is 19.2. The van der Waals surface area contributed by atoms with E-state index in [1.165, 1.54) is 12.5 Å². The zero-order valence-electron chi connectivity index (χ0n) is 16.1. The number of Topliss-reactive ketones (excluding diaryl/α,β-unsaturated/α-hetero) is 1. The lowest BCUT2D eigenvalue weighted by Crippen LogP contribution is -2.15. The summed E-state index contributed by atoms with van der Waals surface area (Å²) in [4.78, 5) is 32.7. The number of nitrogens with zero attached hydrogens (tertiary/aromatic N) is 2. The van der Waals surface area contributed by atoms with Gasteiger partial charge in [-0.05, 0) is 50.1 Å². The summed E-state index contributed by atoms with van der Waals surface area (Å²) in [5.41, 5.74) is 3.45. The first-order valence-electron chi connectivity index (χ1n) is 9.08. The molecule has 2 aromatic carbocycles. The highest BCUT2D eigenvalue weighted by Crippen LogP contribution is 2.18. The number of aryl methyl sites for hydroxylation is 2. The van der Waals surface area contributed by atoms with Gasteiger partial charge >= 0.3 is 0 Å². The van der Waals surface area contributed by atoms with Crippen LogP contribution in [0.5, 0.6) is 0 Å². The van der Waals surface area contributed by atoms with Crippen LogP contribution in [0.15, 0.2) is 54.6 Å². The Kier molecular flexibility index (Phi) is 5.79. The molecule has 28 heavy (non-hydrogen) atoms. The van der Waals surface area contributed by atoms with Gasteiger partial charge in [0.1, 0.15) is 17.3 Å². The van der Waals surface area contributed by atoms with Crippen molar-refractivity contribution in [1.29, 1.82) is 0 Å². The maximum Gasteiger partial charge on any atom is 0.274 e. The van der Waals surface area contributed by atoms with Gasteiger partial charge in [0.05, 0.1) is 0 Å². The summed E-state index contributed by atoms with van der Waals surface area (Å²) in [5, 5.41) is 5.98. The molecule has 0 fully saturated rings. The van der Waals surface area contributed by atoms with Crippen LogP contribution in [0.4, 0.5) is 17.2 Å². The SMILES string of the molecule is CCc1ccc(Nc2cc(C(=O)Nc3cccc(C(C)=O)c3)nc(C)n2)cc1. The van der Waals surface area contributed by atoms with Gasteiger partial charge in [-0.3, -0.25) is 9.59 Å².